The average Bonchev–Trinajstić information content (AvgIpc) is 3.20. The first-order valence-corrected chi connectivity index (χ1v) is 10.8. The number of benzene rings is 2. The van der Waals surface area contributed by atoms with Crippen molar-refractivity contribution in [3.63, 3.8) is 0 Å². The molecule has 0 saturated carbocycles. The third-order valence-corrected chi connectivity index (χ3v) is 6.30. The molecule has 1 saturated heterocycles. The molecule has 0 atom stereocenters. The second-order valence-corrected chi connectivity index (χ2v) is 8.36. The molecule has 0 unspecified atom stereocenters. The first-order valence-electron chi connectivity index (χ1n) is 9.62. The van der Waals surface area contributed by atoms with Crippen molar-refractivity contribution in [1.29, 1.82) is 0 Å². The van der Waals surface area contributed by atoms with Gasteiger partial charge >= 0.3 is 0 Å². The minimum atomic E-state index is -0.215. The third-order valence-electron chi connectivity index (χ3n) is 5.14. The van der Waals surface area contributed by atoms with Crippen LogP contribution in [0.2, 0.25) is 5.02 Å². The molecule has 1 aliphatic heterocycles. The number of nitrogens with zero attached hydrogens (tertiary/aromatic N) is 2. The first kappa shape index (κ1) is 19.8. The van der Waals surface area contributed by atoms with E-state index in [0.717, 1.165) is 40.2 Å². The van der Waals surface area contributed by atoms with Crippen molar-refractivity contribution in [2.24, 2.45) is 0 Å². The van der Waals surface area contributed by atoms with Crippen LogP contribution in [0.3, 0.4) is 0 Å². The van der Waals surface area contributed by atoms with Crippen LogP contribution in [0.25, 0.3) is 17.0 Å². The molecule has 4 nitrogen and oxygen atoms in total. The van der Waals surface area contributed by atoms with E-state index in [1.165, 1.54) is 10.5 Å². The number of hydrogen-bond donors (Lipinski definition) is 0. The molecule has 0 N–H and O–H groups in total. The summed E-state index contributed by atoms with van der Waals surface area (Å²) >= 11 is 7.03. The number of rotatable bonds is 5. The minimum Gasteiger partial charge on any atom is -0.342 e. The predicted octanol–water partition coefficient (Wildman–Crippen LogP) is 5.96. The van der Waals surface area contributed by atoms with Gasteiger partial charge in [0.2, 0.25) is 0 Å². The van der Waals surface area contributed by atoms with Gasteiger partial charge in [0.1, 0.15) is 0 Å². The number of hydrogen-bond acceptors (Lipinski definition) is 3. The van der Waals surface area contributed by atoms with Gasteiger partial charge in [-0.1, -0.05) is 48.9 Å². The number of likely N-dealkylation sites (N-methyl/N-ethyl adjacent to an activating group) is 1. The molecule has 0 spiro atoms. The van der Waals surface area contributed by atoms with Crippen molar-refractivity contribution >= 4 is 51.5 Å². The fourth-order valence-electron chi connectivity index (χ4n) is 3.69. The SMILES string of the molecule is CCc1cccc2c(/C=C3\SC(=O)N(CC)C3=O)cn(Cc3ccc(Cl)cc3)c12. The van der Waals surface area contributed by atoms with Crippen molar-refractivity contribution in [1.82, 2.24) is 9.47 Å². The number of halogens is 1. The smallest absolute Gasteiger partial charge is 0.293 e. The molecule has 1 aromatic heterocycles. The maximum Gasteiger partial charge on any atom is 0.293 e. The Morgan fingerprint density at radius 3 is 2.48 bits per heavy atom. The Morgan fingerprint density at radius 2 is 1.83 bits per heavy atom. The molecule has 4 rings (SSSR count). The summed E-state index contributed by atoms with van der Waals surface area (Å²) in [5, 5.41) is 1.59. The summed E-state index contributed by atoms with van der Waals surface area (Å²) in [5.41, 5.74) is 4.50. The highest BCUT2D eigenvalue weighted by molar-refractivity contribution is 8.18. The van der Waals surface area contributed by atoms with Crippen LogP contribution >= 0.6 is 23.4 Å². The lowest BCUT2D eigenvalue weighted by Gasteiger charge is -2.09. The molecule has 2 amide bonds. The summed E-state index contributed by atoms with van der Waals surface area (Å²) < 4.78 is 2.22. The number of carbonyl (C=O) groups is 2. The normalized spacial score (nSPS) is 15.8. The summed E-state index contributed by atoms with van der Waals surface area (Å²) in [7, 11) is 0. The Kier molecular flexibility index (Phi) is 5.52. The van der Waals surface area contributed by atoms with Crippen LogP contribution in [-0.4, -0.2) is 27.2 Å². The largest absolute Gasteiger partial charge is 0.342 e. The van der Waals surface area contributed by atoms with Crippen LogP contribution in [0.1, 0.15) is 30.5 Å². The molecule has 0 bridgehead atoms. The summed E-state index contributed by atoms with van der Waals surface area (Å²) in [6, 6.07) is 14.1. The highest BCUT2D eigenvalue weighted by Crippen LogP contribution is 2.35. The number of para-hydroxylation sites is 1. The number of aryl methyl sites for hydroxylation is 1. The molecule has 6 heteroatoms. The van der Waals surface area contributed by atoms with E-state index >= 15 is 0 Å². The van der Waals surface area contributed by atoms with E-state index in [9.17, 15) is 9.59 Å². The van der Waals surface area contributed by atoms with Crippen LogP contribution in [0, 0.1) is 0 Å². The zero-order chi connectivity index (χ0) is 20.5. The van der Waals surface area contributed by atoms with E-state index < -0.39 is 0 Å². The molecule has 2 heterocycles. The summed E-state index contributed by atoms with van der Waals surface area (Å²) in [6.45, 7) is 5.04. The van der Waals surface area contributed by atoms with Crippen molar-refractivity contribution < 1.29 is 9.59 Å². The Labute approximate surface area is 179 Å². The summed E-state index contributed by atoms with van der Waals surface area (Å²) in [6.07, 6.45) is 4.83. The highest BCUT2D eigenvalue weighted by Gasteiger charge is 2.33. The number of aromatic nitrogens is 1. The second-order valence-electron chi connectivity index (χ2n) is 6.93. The summed E-state index contributed by atoms with van der Waals surface area (Å²) in [4.78, 5) is 26.4. The molecule has 29 heavy (non-hydrogen) atoms. The van der Waals surface area contributed by atoms with Gasteiger partial charge in [-0.3, -0.25) is 14.5 Å². The van der Waals surface area contributed by atoms with E-state index in [1.807, 2.05) is 43.3 Å². The molecule has 3 aromatic rings. The van der Waals surface area contributed by atoms with Gasteiger partial charge in [-0.25, -0.2) is 0 Å². The van der Waals surface area contributed by atoms with Crippen molar-refractivity contribution in [3.8, 4) is 0 Å². The zero-order valence-corrected chi connectivity index (χ0v) is 17.9. The van der Waals surface area contributed by atoms with Crippen LogP contribution in [0.4, 0.5) is 4.79 Å². The molecule has 0 radical (unpaired) electrons. The van der Waals surface area contributed by atoms with Crippen LogP contribution < -0.4 is 0 Å². The lowest BCUT2D eigenvalue weighted by Crippen LogP contribution is -2.27. The number of thioether (sulfide) groups is 1. The number of amides is 2. The number of carbonyl (C=O) groups excluding carboxylic acids is 2. The van der Waals surface area contributed by atoms with Gasteiger partial charge < -0.3 is 4.57 Å². The van der Waals surface area contributed by atoms with Gasteiger partial charge in [0.15, 0.2) is 0 Å². The highest BCUT2D eigenvalue weighted by atomic mass is 35.5. The first-order chi connectivity index (χ1) is 14.0. The molecule has 1 aliphatic rings. The topological polar surface area (TPSA) is 42.3 Å². The summed E-state index contributed by atoms with van der Waals surface area (Å²) in [5.74, 6) is -0.215. The lowest BCUT2D eigenvalue weighted by atomic mass is 10.1. The molecular weight excluding hydrogens is 404 g/mol. The van der Waals surface area contributed by atoms with E-state index in [2.05, 4.69) is 29.8 Å². The Morgan fingerprint density at radius 1 is 1.07 bits per heavy atom. The molecule has 1 fully saturated rings. The second kappa shape index (κ2) is 8.09. The standard InChI is InChI=1S/C23H21ClN2O2S/c1-3-16-6-5-7-19-17(12-20-22(27)26(4-2)23(28)29-20)14-25(21(16)19)13-15-8-10-18(24)11-9-15/h5-12,14H,3-4,13H2,1-2H3/b20-12-. The van der Waals surface area contributed by atoms with Gasteiger partial charge in [-0.2, -0.15) is 0 Å². The fraction of sp³-hybridized carbons (Fsp3) is 0.217. The molecule has 2 aromatic carbocycles. The quantitative estimate of drug-likeness (QED) is 0.474. The lowest BCUT2D eigenvalue weighted by molar-refractivity contribution is -0.122. The fourth-order valence-corrected chi connectivity index (χ4v) is 4.71. The maximum absolute atomic E-state index is 12.5. The Balaban J connectivity index is 1.81. The van der Waals surface area contributed by atoms with Crippen LogP contribution in [0.5, 0.6) is 0 Å². The van der Waals surface area contributed by atoms with Crippen molar-refractivity contribution in [3.05, 3.63) is 75.3 Å². The van der Waals surface area contributed by atoms with Gasteiger partial charge in [0, 0.05) is 35.3 Å². The average molecular weight is 425 g/mol. The Bertz CT molecular complexity index is 1130. The van der Waals surface area contributed by atoms with Gasteiger partial charge in [-0.15, -0.1) is 0 Å². The van der Waals surface area contributed by atoms with E-state index in [0.29, 0.717) is 23.0 Å². The van der Waals surface area contributed by atoms with E-state index in [4.69, 9.17) is 11.6 Å². The van der Waals surface area contributed by atoms with Crippen LogP contribution in [0.15, 0.2) is 53.6 Å². The number of fused-ring (bicyclic) bond motifs is 1. The Hall–Kier alpha value is -2.50. The predicted molar refractivity (Wildman–Crippen MR) is 120 cm³/mol. The molecule has 0 aliphatic carbocycles. The van der Waals surface area contributed by atoms with Crippen molar-refractivity contribution in [2.45, 2.75) is 26.8 Å². The monoisotopic (exact) mass is 424 g/mol. The molecule has 148 valence electrons. The third kappa shape index (κ3) is 3.72. The van der Waals surface area contributed by atoms with Gasteiger partial charge in [0.05, 0.1) is 10.4 Å². The number of imide groups is 1. The van der Waals surface area contributed by atoms with E-state index in [-0.39, 0.29) is 11.1 Å². The van der Waals surface area contributed by atoms with Crippen molar-refractivity contribution in [2.75, 3.05) is 6.54 Å². The maximum atomic E-state index is 12.5. The van der Waals surface area contributed by atoms with E-state index in [1.54, 1.807) is 0 Å². The van der Waals surface area contributed by atoms with Gasteiger partial charge in [0.25, 0.3) is 11.1 Å². The zero-order valence-electron chi connectivity index (χ0n) is 16.3. The van der Waals surface area contributed by atoms with Crippen LogP contribution in [-0.2, 0) is 17.8 Å². The molecular formula is C23H21ClN2O2S. The minimum absolute atomic E-state index is 0.206. The van der Waals surface area contributed by atoms with Gasteiger partial charge in [-0.05, 0) is 54.4 Å².